The minimum Gasteiger partial charge on any atom is -0.368 e. The molecule has 0 saturated carbocycles. The molecule has 3 aromatic heterocycles. The van der Waals surface area contributed by atoms with Crippen molar-refractivity contribution in [2.45, 2.75) is 65.3 Å². The molecule has 5 aromatic rings. The number of carbonyl (C=O) groups excluding carboxylic acids is 2. The summed E-state index contributed by atoms with van der Waals surface area (Å²) in [5, 5.41) is 5.43. The van der Waals surface area contributed by atoms with Gasteiger partial charge in [0.1, 0.15) is 28.7 Å². The van der Waals surface area contributed by atoms with Crippen molar-refractivity contribution in [1.29, 1.82) is 0 Å². The van der Waals surface area contributed by atoms with Gasteiger partial charge in [-0.05, 0) is 68.7 Å². The van der Waals surface area contributed by atoms with Crippen molar-refractivity contribution in [1.82, 2.24) is 39.6 Å². The van der Waals surface area contributed by atoms with E-state index in [4.69, 9.17) is 0 Å². The first-order valence-electron chi connectivity index (χ1n) is 17.8. The molecule has 2 saturated heterocycles. The van der Waals surface area contributed by atoms with Gasteiger partial charge in [0.15, 0.2) is 11.6 Å². The Balaban J connectivity index is 0.886. The van der Waals surface area contributed by atoms with Crippen LogP contribution < -0.4 is 15.5 Å². The third-order valence-electron chi connectivity index (χ3n) is 10.3. The standard InChI is InChI=1S/C38H39F3N10O2/c1-21(2)51-22(3)44-36-29(40)14-24(15-32(36)51)35-30(41)17-43-38(47-35)45-33-6-4-26(16-42-33)49-10-8-48(9-11-49)18-23-12-25-19-50(20-27(25)28(39)13-23)31-5-7-34(52)46-37(31)53/h4,6,12-17,21,31H,5,7-11,18-20H2,1-3H3,(H,46,52,53)(H,42,43,45,47). The van der Waals surface area contributed by atoms with Crippen LogP contribution in [0.25, 0.3) is 22.3 Å². The number of benzene rings is 2. The third-order valence-corrected chi connectivity index (χ3v) is 10.3. The number of imidazole rings is 1. The lowest BCUT2D eigenvalue weighted by Gasteiger charge is -2.36. The molecular formula is C38H39F3N10O2. The van der Waals surface area contributed by atoms with Gasteiger partial charge in [0, 0.05) is 69.4 Å². The Kier molecular flexibility index (Phi) is 9.06. The molecule has 0 spiro atoms. The van der Waals surface area contributed by atoms with E-state index >= 15 is 13.2 Å². The number of fused-ring (bicyclic) bond motifs is 2. The fraction of sp³-hybridized carbons (Fsp3) is 0.368. The van der Waals surface area contributed by atoms with E-state index in [1.807, 2.05) is 42.4 Å². The van der Waals surface area contributed by atoms with E-state index < -0.39 is 17.7 Å². The zero-order valence-corrected chi connectivity index (χ0v) is 29.7. The molecule has 2 amide bonds. The van der Waals surface area contributed by atoms with Crippen LogP contribution in [0.15, 0.2) is 48.8 Å². The zero-order valence-electron chi connectivity index (χ0n) is 29.7. The maximum Gasteiger partial charge on any atom is 0.243 e. The number of hydrogen-bond acceptors (Lipinski definition) is 10. The average Bonchev–Trinajstić information content (AvgIpc) is 3.71. The molecule has 53 heavy (non-hydrogen) atoms. The molecule has 0 aliphatic carbocycles. The average molecular weight is 725 g/mol. The highest BCUT2D eigenvalue weighted by atomic mass is 19.1. The maximum atomic E-state index is 15.2. The summed E-state index contributed by atoms with van der Waals surface area (Å²) in [7, 11) is 0. The van der Waals surface area contributed by atoms with Gasteiger partial charge in [0.05, 0.1) is 29.6 Å². The highest BCUT2D eigenvalue weighted by molar-refractivity contribution is 6.00. The lowest BCUT2D eigenvalue weighted by molar-refractivity contribution is -0.137. The van der Waals surface area contributed by atoms with E-state index in [-0.39, 0.29) is 46.4 Å². The number of anilines is 3. The Morgan fingerprint density at radius 3 is 2.47 bits per heavy atom. The number of piperidine rings is 1. The van der Waals surface area contributed by atoms with Gasteiger partial charge in [-0.3, -0.25) is 24.7 Å². The number of halogens is 3. The molecule has 12 nitrogen and oxygen atoms in total. The summed E-state index contributed by atoms with van der Waals surface area (Å²) in [6.45, 7) is 10.3. The lowest BCUT2D eigenvalue weighted by atomic mass is 10.0. The smallest absolute Gasteiger partial charge is 0.243 e. The highest BCUT2D eigenvalue weighted by Crippen LogP contribution is 2.32. The Hall–Kier alpha value is -5.41. The van der Waals surface area contributed by atoms with E-state index in [2.05, 4.69) is 40.4 Å². The zero-order chi connectivity index (χ0) is 37.0. The number of nitrogens with zero attached hydrogens (tertiary/aromatic N) is 8. The van der Waals surface area contributed by atoms with Crippen molar-refractivity contribution in [3.05, 3.63) is 88.8 Å². The molecule has 0 radical (unpaired) electrons. The van der Waals surface area contributed by atoms with Crippen LogP contribution in [-0.4, -0.2) is 78.3 Å². The molecule has 3 aliphatic heterocycles. The van der Waals surface area contributed by atoms with E-state index in [1.54, 1.807) is 24.4 Å². The topological polar surface area (TPSA) is 124 Å². The Morgan fingerprint density at radius 2 is 1.74 bits per heavy atom. The summed E-state index contributed by atoms with van der Waals surface area (Å²) in [6, 6.07) is 9.93. The molecule has 8 rings (SSSR count). The summed E-state index contributed by atoms with van der Waals surface area (Å²) in [4.78, 5) is 47.8. The molecule has 1 unspecified atom stereocenters. The number of hydrogen-bond donors (Lipinski definition) is 2. The SMILES string of the molecule is Cc1nc2c(F)cc(-c3nc(Nc4ccc(N5CCN(Cc6cc(F)c7c(c6)CN(C6CCC(=O)NC6=O)C7)CC5)cn4)ncc3F)cc2n1C(C)C. The maximum absolute atomic E-state index is 15.2. The second kappa shape index (κ2) is 13.9. The fourth-order valence-electron chi connectivity index (χ4n) is 7.77. The molecule has 2 aromatic carbocycles. The normalized spacial score (nSPS) is 18.2. The minimum atomic E-state index is -0.679. The highest BCUT2D eigenvalue weighted by Gasteiger charge is 2.36. The fourth-order valence-corrected chi connectivity index (χ4v) is 7.77. The minimum absolute atomic E-state index is 0.0319. The van der Waals surface area contributed by atoms with Crippen molar-refractivity contribution < 1.29 is 22.8 Å². The number of aryl methyl sites for hydroxylation is 1. The second-order valence-corrected chi connectivity index (χ2v) is 14.2. The van der Waals surface area contributed by atoms with Crippen molar-refractivity contribution in [3.63, 3.8) is 0 Å². The van der Waals surface area contributed by atoms with Gasteiger partial charge in [-0.1, -0.05) is 6.07 Å². The second-order valence-electron chi connectivity index (χ2n) is 14.2. The van der Waals surface area contributed by atoms with Crippen molar-refractivity contribution in [3.8, 4) is 11.3 Å². The van der Waals surface area contributed by atoms with Crippen LogP contribution in [-0.2, 0) is 29.2 Å². The quantitative estimate of drug-likeness (QED) is 0.202. The monoisotopic (exact) mass is 724 g/mol. The number of imide groups is 1. The van der Waals surface area contributed by atoms with Crippen LogP contribution in [0.2, 0.25) is 0 Å². The van der Waals surface area contributed by atoms with E-state index in [1.165, 1.54) is 6.07 Å². The lowest BCUT2D eigenvalue weighted by Crippen LogP contribution is -2.50. The Morgan fingerprint density at radius 1 is 0.925 bits per heavy atom. The van der Waals surface area contributed by atoms with Crippen molar-refractivity contribution in [2.75, 3.05) is 36.4 Å². The number of nitrogens with one attached hydrogen (secondary N) is 2. The molecule has 0 bridgehead atoms. The van der Waals surface area contributed by atoms with Gasteiger partial charge in [-0.15, -0.1) is 0 Å². The van der Waals surface area contributed by atoms with Crippen LogP contribution in [0, 0.1) is 24.4 Å². The molecule has 6 heterocycles. The number of amides is 2. The van der Waals surface area contributed by atoms with Gasteiger partial charge >= 0.3 is 0 Å². The summed E-state index contributed by atoms with van der Waals surface area (Å²) < 4.78 is 47.2. The van der Waals surface area contributed by atoms with Gasteiger partial charge < -0.3 is 14.8 Å². The van der Waals surface area contributed by atoms with Crippen LogP contribution in [0.1, 0.15) is 55.2 Å². The number of carbonyl (C=O) groups is 2. The van der Waals surface area contributed by atoms with Crippen LogP contribution in [0.4, 0.5) is 30.6 Å². The summed E-state index contributed by atoms with van der Waals surface area (Å²) in [5.74, 6) is -0.796. The van der Waals surface area contributed by atoms with Gasteiger partial charge in [-0.25, -0.2) is 33.1 Å². The molecule has 3 aliphatic rings. The van der Waals surface area contributed by atoms with Gasteiger partial charge in [-0.2, -0.15) is 0 Å². The first-order valence-corrected chi connectivity index (χ1v) is 17.8. The molecule has 1 atom stereocenters. The van der Waals surface area contributed by atoms with Crippen molar-refractivity contribution in [2.24, 2.45) is 0 Å². The summed E-state index contributed by atoms with van der Waals surface area (Å²) >= 11 is 0. The predicted molar refractivity (Wildman–Crippen MR) is 193 cm³/mol. The number of rotatable bonds is 8. The first-order chi connectivity index (χ1) is 25.5. The van der Waals surface area contributed by atoms with Gasteiger partial charge in [0.25, 0.3) is 0 Å². The first kappa shape index (κ1) is 34.7. The number of piperazine rings is 1. The third kappa shape index (κ3) is 6.81. The Bertz CT molecular complexity index is 2230. The molecular weight excluding hydrogens is 685 g/mol. The van der Waals surface area contributed by atoms with E-state index in [9.17, 15) is 9.59 Å². The van der Waals surface area contributed by atoms with Crippen LogP contribution >= 0.6 is 0 Å². The van der Waals surface area contributed by atoms with E-state index in [0.717, 1.165) is 49.2 Å². The van der Waals surface area contributed by atoms with E-state index in [0.29, 0.717) is 55.2 Å². The number of aromatic nitrogens is 5. The molecule has 2 fully saturated rings. The Labute approximate surface area is 304 Å². The molecule has 2 N–H and O–H groups in total. The van der Waals surface area contributed by atoms with Crippen molar-refractivity contribution >= 4 is 40.3 Å². The number of pyridine rings is 1. The molecule has 274 valence electrons. The summed E-state index contributed by atoms with van der Waals surface area (Å²) in [5.41, 5.74) is 4.39. The predicted octanol–water partition coefficient (Wildman–Crippen LogP) is 5.38. The van der Waals surface area contributed by atoms with Crippen LogP contribution in [0.3, 0.4) is 0 Å². The molecule has 15 heteroatoms. The van der Waals surface area contributed by atoms with Crippen LogP contribution in [0.5, 0.6) is 0 Å². The largest absolute Gasteiger partial charge is 0.368 e. The van der Waals surface area contributed by atoms with Gasteiger partial charge in [0.2, 0.25) is 17.8 Å². The summed E-state index contributed by atoms with van der Waals surface area (Å²) in [6.07, 6.45) is 3.55.